The second kappa shape index (κ2) is 6.34. The number of amides is 1. The van der Waals surface area contributed by atoms with Crippen LogP contribution in [0.15, 0.2) is 5.73 Å². The molecule has 1 N–H and O–H groups in total. The van der Waals surface area contributed by atoms with Crippen LogP contribution >= 0.6 is 0 Å². The molecule has 3 heterocycles. The third-order valence-electron chi connectivity index (χ3n) is 4.98. The summed E-state index contributed by atoms with van der Waals surface area (Å²) in [7, 11) is -1.06. The maximum atomic E-state index is 14.6. The van der Waals surface area contributed by atoms with Gasteiger partial charge in [-0.05, 0) is 48.5 Å². The largest absolute Gasteiger partial charge is 0.525 e. The van der Waals surface area contributed by atoms with Gasteiger partial charge in [-0.2, -0.15) is 0 Å². The number of ether oxygens (including phenoxy) is 1. The Morgan fingerprint density at radius 1 is 1.26 bits per heavy atom. The van der Waals surface area contributed by atoms with E-state index in [-0.39, 0.29) is 0 Å². The van der Waals surface area contributed by atoms with Crippen LogP contribution in [-0.2, 0) is 27.1 Å². The van der Waals surface area contributed by atoms with Crippen molar-refractivity contribution in [3.8, 4) is 0 Å². The lowest BCUT2D eigenvalue weighted by Crippen LogP contribution is -2.41. The molecule has 1 aromatic rings. The number of hydrogen-bond donors (Lipinski definition) is 1. The molecule has 0 unspecified atom stereocenters. The van der Waals surface area contributed by atoms with Crippen molar-refractivity contribution in [2.24, 2.45) is 0 Å². The van der Waals surface area contributed by atoms with Gasteiger partial charge >= 0.3 is 13.2 Å². The Balaban J connectivity index is 1.67. The summed E-state index contributed by atoms with van der Waals surface area (Å²) in [5, 5.41) is 0. The number of nitrogens with zero attached hydrogens (tertiary/aromatic N) is 2. The molecule has 2 aliphatic heterocycles. The molecular weight excluding hydrogens is 352 g/mol. The molecule has 0 aliphatic carbocycles. The van der Waals surface area contributed by atoms with Crippen LogP contribution in [0.1, 0.15) is 65.7 Å². The Bertz CT molecular complexity index is 743. The first-order chi connectivity index (χ1) is 12.3. The molecule has 0 spiro atoms. The average molecular weight is 379 g/mol. The molecule has 1 amide bonds. The number of carbonyl (C=O) groups is 1. The summed E-state index contributed by atoms with van der Waals surface area (Å²) in [6, 6.07) is 0. The molecule has 1 fully saturated rings. The molecule has 2 aliphatic rings. The lowest BCUT2D eigenvalue weighted by molar-refractivity contribution is 0.00578. The van der Waals surface area contributed by atoms with Crippen molar-refractivity contribution in [1.82, 2.24) is 14.9 Å². The Kier molecular flexibility index (Phi) is 4.67. The zero-order chi connectivity index (χ0) is 20.2. The van der Waals surface area contributed by atoms with Crippen LogP contribution < -0.4 is 0 Å². The number of halogens is 1. The fraction of sp³-hybridized carbons (Fsp3) is 0.667. The van der Waals surface area contributed by atoms with Gasteiger partial charge in [-0.15, -0.1) is 0 Å². The van der Waals surface area contributed by atoms with Crippen molar-refractivity contribution in [3.63, 3.8) is 0 Å². The van der Waals surface area contributed by atoms with Gasteiger partial charge in [0.15, 0.2) is 0 Å². The molecule has 0 bridgehead atoms. The summed E-state index contributed by atoms with van der Waals surface area (Å²) in [6.45, 7) is 13.6. The van der Waals surface area contributed by atoms with E-state index < -0.39 is 35.7 Å². The Morgan fingerprint density at radius 3 is 2.37 bits per heavy atom. The zero-order valence-electron chi connectivity index (χ0n) is 17.0. The predicted molar refractivity (Wildman–Crippen MR) is 99.2 cm³/mol. The number of rotatable bonds is 2. The highest BCUT2D eigenvalue weighted by molar-refractivity contribution is 6.54. The molecule has 0 atom stereocenters. The van der Waals surface area contributed by atoms with E-state index in [1.165, 1.54) is 6.08 Å². The lowest BCUT2D eigenvalue weighted by atomic mass is 9.88. The monoisotopic (exact) mass is 379 g/mol. The van der Waals surface area contributed by atoms with Crippen LogP contribution in [0.25, 0.3) is 6.08 Å². The summed E-state index contributed by atoms with van der Waals surface area (Å²) in [4.78, 5) is 21.1. The summed E-state index contributed by atoms with van der Waals surface area (Å²) in [5.74, 6) is 0.371. The summed E-state index contributed by atoms with van der Waals surface area (Å²) < 4.78 is 31.4. The number of nitrogens with one attached hydrogen (secondary N) is 1. The second-order valence-electron chi connectivity index (χ2n) is 9.00. The molecule has 3 rings (SSSR count). The van der Waals surface area contributed by atoms with Crippen LogP contribution in [0.4, 0.5) is 9.18 Å². The van der Waals surface area contributed by atoms with Gasteiger partial charge in [0.1, 0.15) is 17.2 Å². The molecule has 0 saturated carbocycles. The van der Waals surface area contributed by atoms with E-state index in [4.69, 9.17) is 14.0 Å². The number of fused-ring (bicyclic) bond motifs is 1. The highest BCUT2D eigenvalue weighted by Crippen LogP contribution is 2.39. The Morgan fingerprint density at radius 2 is 1.85 bits per heavy atom. The van der Waals surface area contributed by atoms with E-state index in [0.717, 1.165) is 5.69 Å². The quantitative estimate of drug-likeness (QED) is 0.795. The van der Waals surface area contributed by atoms with Gasteiger partial charge in [-0.1, -0.05) is 0 Å². The van der Waals surface area contributed by atoms with E-state index in [1.54, 1.807) is 4.90 Å². The van der Waals surface area contributed by atoms with Crippen molar-refractivity contribution in [2.45, 2.75) is 78.4 Å². The molecular formula is C18H27BFN3O4. The molecule has 1 aromatic heterocycles. The molecule has 9 heteroatoms. The van der Waals surface area contributed by atoms with Crippen molar-refractivity contribution >= 4 is 19.3 Å². The van der Waals surface area contributed by atoms with Crippen molar-refractivity contribution in [3.05, 3.63) is 22.9 Å². The second-order valence-corrected chi connectivity index (χ2v) is 9.00. The number of carbonyl (C=O) groups excluding carboxylic acids is 1. The van der Waals surface area contributed by atoms with Gasteiger partial charge in [0.25, 0.3) is 0 Å². The topological polar surface area (TPSA) is 76.7 Å². The number of aromatic nitrogens is 2. The average Bonchev–Trinajstić information content (AvgIpc) is 3.07. The van der Waals surface area contributed by atoms with E-state index in [2.05, 4.69) is 9.97 Å². The summed E-state index contributed by atoms with van der Waals surface area (Å²) >= 11 is 0. The standard InChI is InChI=1S/C18H27BFN3O4/c1-16(2,3)25-15(24)23-9-11-12(10-23)22-14(21-11)8-13(20)19-26-17(4,5)18(6,7)27-19/h8H,9-10H2,1-7H3,(H,21,22). The predicted octanol–water partition coefficient (Wildman–Crippen LogP) is 3.60. The van der Waals surface area contributed by atoms with Crippen molar-refractivity contribution < 1.29 is 23.2 Å². The van der Waals surface area contributed by atoms with Crippen LogP contribution in [0.5, 0.6) is 0 Å². The van der Waals surface area contributed by atoms with Gasteiger partial charge in [0.05, 0.1) is 35.7 Å². The minimum absolute atomic E-state index is 0.326. The van der Waals surface area contributed by atoms with E-state index in [0.29, 0.717) is 24.6 Å². The Labute approximate surface area is 159 Å². The molecule has 148 valence electrons. The van der Waals surface area contributed by atoms with Gasteiger partial charge in [-0.3, -0.25) is 4.90 Å². The number of hydrogen-bond acceptors (Lipinski definition) is 5. The number of aromatic amines is 1. The van der Waals surface area contributed by atoms with Gasteiger partial charge < -0.3 is 19.0 Å². The fourth-order valence-electron chi connectivity index (χ4n) is 2.83. The van der Waals surface area contributed by atoms with E-state index in [9.17, 15) is 9.18 Å². The van der Waals surface area contributed by atoms with Crippen LogP contribution in [0, 0.1) is 0 Å². The number of H-pyrrole nitrogens is 1. The fourth-order valence-corrected chi connectivity index (χ4v) is 2.83. The smallest absolute Gasteiger partial charge is 0.444 e. The van der Waals surface area contributed by atoms with Crippen molar-refractivity contribution in [1.29, 1.82) is 0 Å². The third-order valence-corrected chi connectivity index (χ3v) is 4.98. The first-order valence-corrected chi connectivity index (χ1v) is 9.06. The highest BCUT2D eigenvalue weighted by atomic mass is 19.1. The summed E-state index contributed by atoms with van der Waals surface area (Å²) in [6.07, 6.45) is 0.882. The lowest BCUT2D eigenvalue weighted by Gasteiger charge is -2.32. The van der Waals surface area contributed by atoms with Crippen LogP contribution in [-0.4, -0.2) is 44.9 Å². The summed E-state index contributed by atoms with van der Waals surface area (Å²) in [5.41, 5.74) is -0.850. The first kappa shape index (κ1) is 19.9. The van der Waals surface area contributed by atoms with E-state index in [1.807, 2.05) is 48.5 Å². The van der Waals surface area contributed by atoms with E-state index >= 15 is 0 Å². The SMILES string of the molecule is CC(C)(C)OC(=O)N1Cc2nc(C=C(F)B3OC(C)(C)C(C)(C)O3)[nH]c2C1. The van der Waals surface area contributed by atoms with Crippen LogP contribution in [0.3, 0.4) is 0 Å². The zero-order valence-corrected chi connectivity index (χ0v) is 17.0. The molecule has 0 radical (unpaired) electrons. The van der Waals surface area contributed by atoms with Crippen LogP contribution in [0.2, 0.25) is 0 Å². The minimum Gasteiger partial charge on any atom is -0.444 e. The minimum atomic E-state index is -1.06. The molecule has 27 heavy (non-hydrogen) atoms. The normalized spacial score (nSPS) is 21.6. The maximum absolute atomic E-state index is 14.6. The molecule has 1 saturated heterocycles. The van der Waals surface area contributed by atoms with Gasteiger partial charge in [0.2, 0.25) is 0 Å². The Hall–Kier alpha value is -1.87. The highest BCUT2D eigenvalue weighted by Gasteiger charge is 2.53. The van der Waals surface area contributed by atoms with Crippen molar-refractivity contribution in [2.75, 3.05) is 0 Å². The number of imidazole rings is 1. The molecule has 7 nitrogen and oxygen atoms in total. The first-order valence-electron chi connectivity index (χ1n) is 9.06. The molecule has 0 aromatic carbocycles. The maximum Gasteiger partial charge on any atom is 0.525 e. The third kappa shape index (κ3) is 4.04. The van der Waals surface area contributed by atoms with Gasteiger partial charge in [-0.25, -0.2) is 14.2 Å². The van der Waals surface area contributed by atoms with Gasteiger partial charge in [0, 0.05) is 6.08 Å².